The average Bonchev–Trinajstić information content (AvgIpc) is 2.99. The average molecular weight is 290 g/mol. The van der Waals surface area contributed by atoms with Crippen LogP contribution in [0.1, 0.15) is 40.7 Å². The molecule has 1 amide bonds. The van der Waals surface area contributed by atoms with E-state index in [1.54, 1.807) is 6.07 Å². The van der Waals surface area contributed by atoms with Gasteiger partial charge in [-0.3, -0.25) is 4.79 Å². The molecule has 8 nitrogen and oxygen atoms in total. The molecule has 3 rings (SSSR count). The highest BCUT2D eigenvalue weighted by Gasteiger charge is 2.30. The number of nitrogens with zero attached hydrogens (tertiary/aromatic N) is 2. The Hall–Kier alpha value is -2.64. The topological polar surface area (TPSA) is 121 Å². The van der Waals surface area contributed by atoms with Crippen LogP contribution >= 0.6 is 0 Å². The lowest BCUT2D eigenvalue weighted by atomic mass is 10.1. The molecule has 0 aliphatic heterocycles. The van der Waals surface area contributed by atoms with Gasteiger partial charge >= 0.3 is 5.97 Å². The van der Waals surface area contributed by atoms with E-state index in [1.807, 2.05) is 0 Å². The van der Waals surface area contributed by atoms with E-state index in [1.165, 1.54) is 12.5 Å². The number of carbonyl (C=O) groups is 2. The summed E-state index contributed by atoms with van der Waals surface area (Å²) in [5.41, 5.74) is 0.731. The van der Waals surface area contributed by atoms with Crippen molar-refractivity contribution in [3.63, 3.8) is 0 Å². The number of hydrogen-bond donors (Lipinski definition) is 3. The predicted molar refractivity (Wildman–Crippen MR) is 69.7 cm³/mol. The fraction of sp³-hybridized carbons (Fsp3) is 0.385. The maximum Gasteiger partial charge on any atom is 0.326 e. The van der Waals surface area contributed by atoms with Gasteiger partial charge in [0.1, 0.15) is 11.8 Å². The van der Waals surface area contributed by atoms with E-state index < -0.39 is 17.9 Å². The van der Waals surface area contributed by atoms with E-state index in [0.717, 1.165) is 12.8 Å². The van der Waals surface area contributed by atoms with Crippen molar-refractivity contribution >= 4 is 11.9 Å². The third-order valence-electron chi connectivity index (χ3n) is 3.32. The number of aliphatic carboxylic acids is 1. The molecule has 2 aromatic heterocycles. The lowest BCUT2D eigenvalue weighted by Crippen LogP contribution is -2.42. The highest BCUT2D eigenvalue weighted by Crippen LogP contribution is 2.40. The normalized spacial score (nSPS) is 15.6. The van der Waals surface area contributed by atoms with Crippen LogP contribution in [0.2, 0.25) is 0 Å². The SMILES string of the molecule is O=C(N[C@H](Cc1cnc[nH]1)C(=O)O)c1cc(C2CC2)on1. The number of carboxylic acids is 1. The second-order valence-corrected chi connectivity index (χ2v) is 5.03. The molecule has 8 heteroatoms. The van der Waals surface area contributed by atoms with Gasteiger partial charge in [-0.25, -0.2) is 9.78 Å². The summed E-state index contributed by atoms with van der Waals surface area (Å²) in [5.74, 6) is -0.652. The molecule has 0 spiro atoms. The molecule has 21 heavy (non-hydrogen) atoms. The number of carboxylic acid groups (broad SMARTS) is 1. The van der Waals surface area contributed by atoms with Gasteiger partial charge in [0.2, 0.25) is 0 Å². The molecule has 0 bridgehead atoms. The largest absolute Gasteiger partial charge is 0.480 e. The molecule has 1 atom stereocenters. The van der Waals surface area contributed by atoms with Crippen molar-refractivity contribution < 1.29 is 19.2 Å². The van der Waals surface area contributed by atoms with Gasteiger partial charge in [-0.2, -0.15) is 0 Å². The number of aromatic amines is 1. The molecule has 2 heterocycles. The molecule has 3 N–H and O–H groups in total. The van der Waals surface area contributed by atoms with Gasteiger partial charge in [0.25, 0.3) is 5.91 Å². The van der Waals surface area contributed by atoms with E-state index in [9.17, 15) is 14.7 Å². The molecular weight excluding hydrogens is 276 g/mol. The number of H-pyrrole nitrogens is 1. The Kier molecular flexibility index (Phi) is 3.43. The Balaban J connectivity index is 1.66. The van der Waals surface area contributed by atoms with Crippen LogP contribution in [0.3, 0.4) is 0 Å². The van der Waals surface area contributed by atoms with Crippen molar-refractivity contribution in [3.05, 3.63) is 35.7 Å². The van der Waals surface area contributed by atoms with E-state index in [0.29, 0.717) is 17.4 Å². The Morgan fingerprint density at radius 1 is 1.52 bits per heavy atom. The molecule has 0 unspecified atom stereocenters. The van der Waals surface area contributed by atoms with Gasteiger partial charge in [0.05, 0.1) is 6.33 Å². The number of carbonyl (C=O) groups excluding carboxylic acids is 1. The van der Waals surface area contributed by atoms with Crippen molar-refractivity contribution in [1.29, 1.82) is 0 Å². The van der Waals surface area contributed by atoms with E-state index in [-0.39, 0.29) is 12.1 Å². The maximum absolute atomic E-state index is 12.0. The summed E-state index contributed by atoms with van der Waals surface area (Å²) < 4.78 is 5.08. The summed E-state index contributed by atoms with van der Waals surface area (Å²) in [6, 6.07) is 0.515. The monoisotopic (exact) mass is 290 g/mol. The van der Waals surface area contributed by atoms with Crippen LogP contribution in [-0.2, 0) is 11.2 Å². The first kappa shape index (κ1) is 13.3. The number of aromatic nitrogens is 3. The summed E-state index contributed by atoms with van der Waals surface area (Å²) in [6.45, 7) is 0. The van der Waals surface area contributed by atoms with Crippen molar-refractivity contribution in [2.24, 2.45) is 0 Å². The standard InChI is InChI=1S/C13H14N4O4/c18-12(9-4-11(21-17-9)7-1-2-7)16-10(13(19)20)3-8-5-14-6-15-8/h4-7,10H,1-3H2,(H,14,15)(H,16,18)(H,19,20)/t10-/m1/s1. The molecule has 2 aromatic rings. The minimum atomic E-state index is -1.12. The van der Waals surface area contributed by atoms with Gasteiger partial charge in [-0.15, -0.1) is 0 Å². The first-order chi connectivity index (χ1) is 10.1. The van der Waals surface area contributed by atoms with Crippen LogP contribution in [0, 0.1) is 0 Å². The molecular formula is C13H14N4O4. The molecule has 0 saturated heterocycles. The third kappa shape index (κ3) is 3.10. The lowest BCUT2D eigenvalue weighted by Gasteiger charge is -2.12. The van der Waals surface area contributed by atoms with E-state index >= 15 is 0 Å². The molecule has 1 saturated carbocycles. The Bertz CT molecular complexity index is 645. The van der Waals surface area contributed by atoms with Crippen LogP contribution in [0.25, 0.3) is 0 Å². The van der Waals surface area contributed by atoms with Crippen LogP contribution in [-0.4, -0.2) is 38.1 Å². The minimum absolute atomic E-state index is 0.104. The Labute approximate surface area is 119 Å². The number of amides is 1. The summed E-state index contributed by atoms with van der Waals surface area (Å²) in [4.78, 5) is 29.9. The smallest absolute Gasteiger partial charge is 0.326 e. The third-order valence-corrected chi connectivity index (χ3v) is 3.32. The second kappa shape index (κ2) is 5.39. The Morgan fingerprint density at radius 3 is 2.95 bits per heavy atom. The highest BCUT2D eigenvalue weighted by atomic mass is 16.5. The zero-order chi connectivity index (χ0) is 14.8. The van der Waals surface area contributed by atoms with Gasteiger partial charge in [0.15, 0.2) is 5.69 Å². The van der Waals surface area contributed by atoms with Crippen LogP contribution in [0.4, 0.5) is 0 Å². The first-order valence-corrected chi connectivity index (χ1v) is 6.61. The van der Waals surface area contributed by atoms with Gasteiger partial charge in [-0.1, -0.05) is 5.16 Å². The number of imidazole rings is 1. The van der Waals surface area contributed by atoms with Crippen molar-refractivity contribution in [3.8, 4) is 0 Å². The van der Waals surface area contributed by atoms with Crippen molar-refractivity contribution in [2.45, 2.75) is 31.2 Å². The quantitative estimate of drug-likeness (QED) is 0.720. The predicted octanol–water partition coefficient (Wildman–Crippen LogP) is 0.701. The zero-order valence-electron chi connectivity index (χ0n) is 11.1. The van der Waals surface area contributed by atoms with Gasteiger partial charge in [0, 0.05) is 30.3 Å². The van der Waals surface area contributed by atoms with Crippen LogP contribution in [0.15, 0.2) is 23.1 Å². The molecule has 0 aromatic carbocycles. The van der Waals surface area contributed by atoms with E-state index in [4.69, 9.17) is 4.52 Å². The molecule has 110 valence electrons. The summed E-state index contributed by atoms with van der Waals surface area (Å²) in [6.07, 6.45) is 5.16. The number of hydrogen-bond acceptors (Lipinski definition) is 5. The van der Waals surface area contributed by atoms with E-state index in [2.05, 4.69) is 20.4 Å². The minimum Gasteiger partial charge on any atom is -0.480 e. The second-order valence-electron chi connectivity index (χ2n) is 5.03. The fourth-order valence-electron chi connectivity index (χ4n) is 2.01. The van der Waals surface area contributed by atoms with Crippen molar-refractivity contribution in [2.75, 3.05) is 0 Å². The van der Waals surface area contributed by atoms with Gasteiger partial charge in [-0.05, 0) is 12.8 Å². The Morgan fingerprint density at radius 2 is 2.33 bits per heavy atom. The fourth-order valence-corrected chi connectivity index (χ4v) is 2.01. The van der Waals surface area contributed by atoms with Crippen LogP contribution in [0.5, 0.6) is 0 Å². The van der Waals surface area contributed by atoms with Crippen LogP contribution < -0.4 is 5.32 Å². The zero-order valence-corrected chi connectivity index (χ0v) is 11.1. The van der Waals surface area contributed by atoms with Gasteiger partial charge < -0.3 is 19.9 Å². The lowest BCUT2D eigenvalue weighted by molar-refractivity contribution is -0.139. The summed E-state index contributed by atoms with van der Waals surface area (Å²) in [5, 5.41) is 15.3. The summed E-state index contributed by atoms with van der Waals surface area (Å²) in [7, 11) is 0. The molecule has 1 aliphatic rings. The number of nitrogens with one attached hydrogen (secondary N) is 2. The van der Waals surface area contributed by atoms with Crippen molar-refractivity contribution in [1.82, 2.24) is 20.4 Å². The summed E-state index contributed by atoms with van der Waals surface area (Å²) >= 11 is 0. The molecule has 0 radical (unpaired) electrons. The molecule has 1 fully saturated rings. The first-order valence-electron chi connectivity index (χ1n) is 6.61. The highest BCUT2D eigenvalue weighted by molar-refractivity contribution is 5.95. The number of rotatable bonds is 6. The maximum atomic E-state index is 12.0. The molecule has 1 aliphatic carbocycles.